The van der Waals surface area contributed by atoms with E-state index < -0.39 is 62.4 Å². The van der Waals surface area contributed by atoms with Crippen LogP contribution in [-0.2, 0) is 21.4 Å². The van der Waals surface area contributed by atoms with Gasteiger partial charge in [-0.05, 0) is 54.2 Å². The number of anilines is 1. The fourth-order valence-electron chi connectivity index (χ4n) is 4.95. The minimum atomic E-state index is -5.37. The Bertz CT molecular complexity index is 1560. The van der Waals surface area contributed by atoms with Crippen LogP contribution in [0.3, 0.4) is 0 Å². The monoisotopic (exact) mass is 610 g/mol. The first-order chi connectivity index (χ1) is 19.8. The topological polar surface area (TPSA) is 95.0 Å². The lowest BCUT2D eigenvalue weighted by Gasteiger charge is -2.26. The van der Waals surface area contributed by atoms with Gasteiger partial charge in [-0.1, -0.05) is 43.5 Å². The van der Waals surface area contributed by atoms with E-state index in [1.165, 1.54) is 30.7 Å². The van der Waals surface area contributed by atoms with Crippen molar-refractivity contribution >= 4 is 27.6 Å². The summed E-state index contributed by atoms with van der Waals surface area (Å²) in [6.07, 6.45) is 5.62. The molecule has 0 aromatic heterocycles. The summed E-state index contributed by atoms with van der Waals surface area (Å²) in [6.45, 7) is -1.13. The minimum absolute atomic E-state index is 0.0750. The third-order valence-corrected chi connectivity index (χ3v) is 9.14. The van der Waals surface area contributed by atoms with Gasteiger partial charge in [0.05, 0.1) is 18.7 Å². The predicted octanol–water partition coefficient (Wildman–Crippen LogP) is 5.98. The lowest BCUT2D eigenvalue weighted by atomic mass is 9.84. The van der Waals surface area contributed by atoms with Crippen molar-refractivity contribution in [2.45, 2.75) is 49.5 Å². The number of sulfonamides is 1. The maximum absolute atomic E-state index is 14.3. The Balaban J connectivity index is 1.63. The highest BCUT2D eigenvalue weighted by atomic mass is 32.2. The van der Waals surface area contributed by atoms with E-state index in [-0.39, 0.29) is 22.1 Å². The zero-order chi connectivity index (χ0) is 30.8. The van der Waals surface area contributed by atoms with Crippen LogP contribution in [0.4, 0.5) is 27.6 Å². The number of carbonyl (C=O) groups is 2. The first-order valence-electron chi connectivity index (χ1n) is 13.0. The Labute approximate surface area is 239 Å². The first-order valence-corrected chi connectivity index (χ1v) is 14.5. The predicted molar refractivity (Wildman–Crippen MR) is 143 cm³/mol. The molecule has 0 atom stereocenters. The van der Waals surface area contributed by atoms with Crippen molar-refractivity contribution in [2.24, 2.45) is 0 Å². The molecule has 3 aromatic rings. The maximum Gasteiger partial charge on any atom is 0.335 e. The van der Waals surface area contributed by atoms with E-state index in [9.17, 15) is 45.1 Å². The summed E-state index contributed by atoms with van der Waals surface area (Å²) < 4.78 is 95.5. The van der Waals surface area contributed by atoms with Gasteiger partial charge in [0.1, 0.15) is 0 Å². The maximum atomic E-state index is 14.3. The molecule has 0 spiro atoms. The normalized spacial score (nSPS) is 14.3. The van der Waals surface area contributed by atoms with E-state index in [0.717, 1.165) is 43.2 Å². The number of benzene rings is 3. The van der Waals surface area contributed by atoms with E-state index in [2.05, 4.69) is 0 Å². The van der Waals surface area contributed by atoms with Crippen LogP contribution in [0.5, 0.6) is 0 Å². The molecular weight excluding hydrogens is 583 g/mol. The van der Waals surface area contributed by atoms with Gasteiger partial charge in [0.25, 0.3) is 0 Å². The SMILES string of the molecule is CN(CC(=O)N(Cc1ccc(C2CCCCC2)cc1)c1ccc(C(=O)O)cc1)S(=O)(=O)c1c(F)c(F)c(F)c(F)c1F. The summed E-state index contributed by atoms with van der Waals surface area (Å²) in [6, 6.07) is 12.6. The van der Waals surface area contributed by atoms with E-state index in [4.69, 9.17) is 0 Å². The molecule has 0 heterocycles. The molecule has 42 heavy (non-hydrogen) atoms. The summed E-state index contributed by atoms with van der Waals surface area (Å²) in [5.74, 6) is -14.2. The molecule has 3 aromatic carbocycles. The number of amides is 1. The number of hydrogen-bond donors (Lipinski definition) is 1. The number of hydrogen-bond acceptors (Lipinski definition) is 4. The molecule has 1 aliphatic carbocycles. The minimum Gasteiger partial charge on any atom is -0.478 e. The molecule has 224 valence electrons. The van der Waals surface area contributed by atoms with Crippen molar-refractivity contribution in [3.63, 3.8) is 0 Å². The molecule has 1 aliphatic rings. The second-order valence-corrected chi connectivity index (χ2v) is 12.1. The molecule has 1 amide bonds. The Morgan fingerprint density at radius 1 is 0.810 bits per heavy atom. The highest BCUT2D eigenvalue weighted by Gasteiger charge is 2.37. The van der Waals surface area contributed by atoms with Crippen LogP contribution in [0.2, 0.25) is 0 Å². The van der Waals surface area contributed by atoms with Gasteiger partial charge < -0.3 is 10.0 Å². The van der Waals surface area contributed by atoms with E-state index >= 15 is 0 Å². The zero-order valence-electron chi connectivity index (χ0n) is 22.4. The Morgan fingerprint density at radius 2 is 1.33 bits per heavy atom. The second-order valence-electron chi connectivity index (χ2n) is 10.1. The highest BCUT2D eigenvalue weighted by Crippen LogP contribution is 2.33. The van der Waals surface area contributed by atoms with Crippen LogP contribution in [0, 0.1) is 29.1 Å². The molecule has 0 saturated heterocycles. The molecular formula is C29H27F5N2O5S. The number of likely N-dealkylation sites (N-methyl/N-ethyl adjacent to an activating group) is 1. The van der Waals surface area contributed by atoms with E-state index in [0.29, 0.717) is 11.5 Å². The van der Waals surface area contributed by atoms with Gasteiger partial charge in [-0.3, -0.25) is 4.79 Å². The summed E-state index contributed by atoms with van der Waals surface area (Å²) in [5, 5.41) is 9.22. The van der Waals surface area contributed by atoms with Gasteiger partial charge in [0.2, 0.25) is 21.7 Å². The van der Waals surface area contributed by atoms with Gasteiger partial charge in [0.15, 0.2) is 28.2 Å². The first kappa shape index (κ1) is 31.1. The average Bonchev–Trinajstić information content (AvgIpc) is 2.98. The number of rotatable bonds is 9. The van der Waals surface area contributed by atoms with Crippen LogP contribution < -0.4 is 4.90 Å². The van der Waals surface area contributed by atoms with Crippen LogP contribution in [0.15, 0.2) is 53.4 Å². The fourth-order valence-corrected chi connectivity index (χ4v) is 6.17. The van der Waals surface area contributed by atoms with Crippen molar-refractivity contribution < 1.29 is 45.1 Å². The molecule has 1 fully saturated rings. The summed E-state index contributed by atoms with van der Waals surface area (Å²) in [5.41, 5.74) is 1.91. The fraction of sp³-hybridized carbons (Fsp3) is 0.310. The number of halogens is 5. The van der Waals surface area contributed by atoms with Crippen molar-refractivity contribution in [1.29, 1.82) is 0 Å². The molecule has 0 radical (unpaired) electrons. The molecule has 0 bridgehead atoms. The van der Waals surface area contributed by atoms with Gasteiger partial charge >= 0.3 is 5.97 Å². The van der Waals surface area contributed by atoms with Gasteiger partial charge in [-0.25, -0.2) is 35.2 Å². The Kier molecular flexibility index (Phi) is 9.31. The molecule has 1 N–H and O–H groups in total. The van der Waals surface area contributed by atoms with E-state index in [1.54, 1.807) is 0 Å². The van der Waals surface area contributed by atoms with Crippen molar-refractivity contribution in [3.05, 3.63) is 94.3 Å². The summed E-state index contributed by atoms with van der Waals surface area (Å²) in [7, 11) is -4.61. The number of carboxylic acid groups (broad SMARTS) is 1. The van der Waals surface area contributed by atoms with Crippen molar-refractivity contribution in [1.82, 2.24) is 4.31 Å². The lowest BCUT2D eigenvalue weighted by Crippen LogP contribution is -2.41. The molecule has 7 nitrogen and oxygen atoms in total. The second kappa shape index (κ2) is 12.6. The number of aromatic carboxylic acids is 1. The molecule has 13 heteroatoms. The molecule has 4 rings (SSSR count). The number of carbonyl (C=O) groups excluding carboxylic acids is 1. The molecule has 0 unspecified atom stereocenters. The van der Waals surface area contributed by atoms with Crippen LogP contribution in [0.25, 0.3) is 0 Å². The average molecular weight is 611 g/mol. The van der Waals surface area contributed by atoms with Crippen LogP contribution in [0.1, 0.15) is 59.5 Å². The lowest BCUT2D eigenvalue weighted by molar-refractivity contribution is -0.118. The van der Waals surface area contributed by atoms with Crippen molar-refractivity contribution in [3.8, 4) is 0 Å². The molecule has 1 saturated carbocycles. The van der Waals surface area contributed by atoms with Gasteiger partial charge in [-0.15, -0.1) is 0 Å². The number of carboxylic acids is 1. The Hall–Kier alpha value is -3.84. The quantitative estimate of drug-likeness (QED) is 0.183. The highest BCUT2D eigenvalue weighted by molar-refractivity contribution is 7.89. The van der Waals surface area contributed by atoms with Gasteiger partial charge in [-0.2, -0.15) is 4.31 Å². The largest absolute Gasteiger partial charge is 0.478 e. The number of nitrogens with zero attached hydrogens (tertiary/aromatic N) is 2. The standard InChI is InChI=1S/C29H27F5N2O5S/c1-35(42(40,41)28-26(33)24(31)23(30)25(32)27(28)34)16-22(37)36(21-13-11-20(12-14-21)29(38)39)15-17-7-9-19(10-8-17)18-5-3-2-4-6-18/h7-14,18H,2-6,15-16H2,1H3,(H,38,39). The van der Waals surface area contributed by atoms with Crippen molar-refractivity contribution in [2.75, 3.05) is 18.5 Å². The zero-order valence-corrected chi connectivity index (χ0v) is 23.2. The third kappa shape index (κ3) is 6.31. The summed E-state index contributed by atoms with van der Waals surface area (Å²) in [4.78, 5) is 23.8. The Morgan fingerprint density at radius 3 is 1.86 bits per heavy atom. The van der Waals surface area contributed by atoms with Crippen LogP contribution in [-0.4, -0.2) is 43.3 Å². The smallest absolute Gasteiger partial charge is 0.335 e. The van der Waals surface area contributed by atoms with Crippen LogP contribution >= 0.6 is 0 Å². The van der Waals surface area contributed by atoms with E-state index in [1.807, 2.05) is 24.3 Å². The summed E-state index contributed by atoms with van der Waals surface area (Å²) >= 11 is 0. The van der Waals surface area contributed by atoms with Gasteiger partial charge in [0, 0.05) is 12.7 Å². The third-order valence-electron chi connectivity index (χ3n) is 7.32. The molecule has 0 aliphatic heterocycles.